The zero-order chi connectivity index (χ0) is 17.1. The van der Waals surface area contributed by atoms with E-state index in [1.807, 2.05) is 24.3 Å². The summed E-state index contributed by atoms with van der Waals surface area (Å²) >= 11 is 0. The molecule has 24 heavy (non-hydrogen) atoms. The summed E-state index contributed by atoms with van der Waals surface area (Å²) in [6.07, 6.45) is 1.08. The second kappa shape index (κ2) is 6.95. The van der Waals surface area contributed by atoms with Gasteiger partial charge in [0.05, 0.1) is 5.69 Å². The highest BCUT2D eigenvalue weighted by atomic mass is 16.2. The maximum Gasteiger partial charge on any atom is 0.321 e. The van der Waals surface area contributed by atoms with Crippen molar-refractivity contribution in [2.24, 2.45) is 0 Å². The number of carbonyl (C=O) groups excluding carboxylic acids is 1. The summed E-state index contributed by atoms with van der Waals surface area (Å²) < 4.78 is 2.08. The Labute approximate surface area is 142 Å². The summed E-state index contributed by atoms with van der Waals surface area (Å²) in [7, 11) is 0. The molecule has 1 saturated heterocycles. The smallest absolute Gasteiger partial charge is 0.321 e. The molecule has 0 aliphatic carbocycles. The monoisotopic (exact) mass is 327 g/mol. The van der Waals surface area contributed by atoms with Gasteiger partial charge in [-0.1, -0.05) is 6.92 Å². The van der Waals surface area contributed by atoms with Crippen LogP contribution in [0.5, 0.6) is 0 Å². The van der Waals surface area contributed by atoms with E-state index in [1.165, 1.54) is 11.3 Å². The minimum atomic E-state index is -0.0229. The summed E-state index contributed by atoms with van der Waals surface area (Å²) in [6, 6.07) is 7.97. The number of hydrogen-bond acceptors (Lipinski definition) is 3. The molecule has 2 aromatic rings. The van der Waals surface area contributed by atoms with Crippen LogP contribution in [-0.2, 0) is 13.1 Å². The second-order valence-corrected chi connectivity index (χ2v) is 6.16. The largest absolute Gasteiger partial charge is 0.381 e. The van der Waals surface area contributed by atoms with Crippen LogP contribution in [0.4, 0.5) is 16.2 Å². The first-order valence-electron chi connectivity index (χ1n) is 8.52. The number of aromatic nitrogens is 2. The molecule has 1 fully saturated rings. The van der Waals surface area contributed by atoms with Crippen molar-refractivity contribution in [3.8, 4) is 0 Å². The Morgan fingerprint density at radius 2 is 2.00 bits per heavy atom. The summed E-state index contributed by atoms with van der Waals surface area (Å²) in [5.74, 6) is 0. The molecular formula is C18H25N5O. The van der Waals surface area contributed by atoms with Crippen molar-refractivity contribution >= 4 is 17.4 Å². The Kier molecular flexibility index (Phi) is 4.74. The topological polar surface area (TPSA) is 62.2 Å². The van der Waals surface area contributed by atoms with Crippen molar-refractivity contribution in [3.05, 3.63) is 41.2 Å². The number of carbonyl (C=O) groups is 1. The highest BCUT2D eigenvalue weighted by molar-refractivity contribution is 5.94. The van der Waals surface area contributed by atoms with E-state index >= 15 is 0 Å². The summed E-state index contributed by atoms with van der Waals surface area (Å²) in [5, 5.41) is 10.9. The van der Waals surface area contributed by atoms with Crippen molar-refractivity contribution in [2.45, 2.75) is 40.3 Å². The molecule has 2 N–H and O–H groups in total. The zero-order valence-electron chi connectivity index (χ0n) is 14.6. The fourth-order valence-corrected chi connectivity index (χ4v) is 3.09. The summed E-state index contributed by atoms with van der Waals surface area (Å²) in [6.45, 7) is 9.49. The molecule has 128 valence electrons. The number of nitrogens with one attached hydrogen (secondary N) is 2. The fraction of sp³-hybridized carbons (Fsp3) is 0.444. The van der Waals surface area contributed by atoms with Gasteiger partial charge >= 0.3 is 6.03 Å². The third kappa shape index (κ3) is 3.22. The van der Waals surface area contributed by atoms with Crippen LogP contribution in [0.25, 0.3) is 0 Å². The Morgan fingerprint density at radius 3 is 2.62 bits per heavy atom. The van der Waals surface area contributed by atoms with Gasteiger partial charge in [0.25, 0.3) is 0 Å². The minimum absolute atomic E-state index is 0.0229. The van der Waals surface area contributed by atoms with Gasteiger partial charge in [0.15, 0.2) is 0 Å². The zero-order valence-corrected chi connectivity index (χ0v) is 14.6. The van der Waals surface area contributed by atoms with Crippen LogP contribution < -0.4 is 15.5 Å². The number of nitrogens with zero attached hydrogens (tertiary/aromatic N) is 3. The van der Waals surface area contributed by atoms with Gasteiger partial charge in [0.1, 0.15) is 0 Å². The third-order valence-corrected chi connectivity index (χ3v) is 4.47. The van der Waals surface area contributed by atoms with Crippen LogP contribution in [0.1, 0.15) is 30.3 Å². The van der Waals surface area contributed by atoms with E-state index in [0.29, 0.717) is 6.54 Å². The van der Waals surface area contributed by atoms with Gasteiger partial charge in [-0.15, -0.1) is 0 Å². The molecule has 0 bridgehead atoms. The molecular weight excluding hydrogens is 302 g/mol. The van der Waals surface area contributed by atoms with Gasteiger partial charge in [0, 0.05) is 48.8 Å². The Balaban J connectivity index is 1.66. The minimum Gasteiger partial charge on any atom is -0.381 e. The van der Waals surface area contributed by atoms with E-state index < -0.39 is 0 Å². The van der Waals surface area contributed by atoms with Gasteiger partial charge in [-0.05, 0) is 44.5 Å². The average Bonchev–Trinajstić information content (AvgIpc) is 3.11. The quantitative estimate of drug-likeness (QED) is 0.857. The fourth-order valence-electron chi connectivity index (χ4n) is 3.09. The number of aryl methyl sites for hydroxylation is 2. The average molecular weight is 327 g/mol. The van der Waals surface area contributed by atoms with Gasteiger partial charge < -0.3 is 10.6 Å². The van der Waals surface area contributed by atoms with Crippen molar-refractivity contribution in [2.75, 3.05) is 23.3 Å². The maximum atomic E-state index is 11.7. The van der Waals surface area contributed by atoms with Crippen LogP contribution in [-0.4, -0.2) is 28.9 Å². The van der Waals surface area contributed by atoms with Gasteiger partial charge in [-0.25, -0.2) is 4.79 Å². The van der Waals surface area contributed by atoms with E-state index in [9.17, 15) is 4.79 Å². The first-order chi connectivity index (χ1) is 11.6. The lowest BCUT2D eigenvalue weighted by molar-refractivity contribution is 0.252. The van der Waals surface area contributed by atoms with Crippen LogP contribution in [0.15, 0.2) is 24.3 Å². The van der Waals surface area contributed by atoms with E-state index in [4.69, 9.17) is 0 Å². The number of amides is 2. The molecule has 0 spiro atoms. The molecule has 3 rings (SSSR count). The summed E-state index contributed by atoms with van der Waals surface area (Å²) in [4.78, 5) is 13.4. The Morgan fingerprint density at radius 1 is 1.25 bits per heavy atom. The van der Waals surface area contributed by atoms with Crippen LogP contribution in [0.3, 0.4) is 0 Å². The van der Waals surface area contributed by atoms with Crippen molar-refractivity contribution in [1.82, 2.24) is 15.1 Å². The molecule has 0 saturated carbocycles. The van der Waals surface area contributed by atoms with Crippen molar-refractivity contribution in [3.63, 3.8) is 0 Å². The van der Waals surface area contributed by atoms with Crippen molar-refractivity contribution < 1.29 is 4.79 Å². The van der Waals surface area contributed by atoms with E-state index in [-0.39, 0.29) is 6.03 Å². The predicted octanol–water partition coefficient (Wildman–Crippen LogP) is 3.05. The van der Waals surface area contributed by atoms with Crippen LogP contribution in [0, 0.1) is 13.8 Å². The van der Waals surface area contributed by atoms with Gasteiger partial charge in [-0.3, -0.25) is 9.58 Å². The molecule has 6 heteroatoms. The SMILES string of the molecule is CCCn1nc(C)c(CNc2ccc(N3CCNC3=O)cc2)c1C. The number of anilines is 2. The molecule has 1 aromatic heterocycles. The number of urea groups is 1. The molecule has 1 aromatic carbocycles. The molecule has 2 amide bonds. The van der Waals surface area contributed by atoms with E-state index in [2.05, 4.69) is 41.2 Å². The highest BCUT2D eigenvalue weighted by Gasteiger charge is 2.20. The molecule has 0 radical (unpaired) electrons. The Hall–Kier alpha value is -2.50. The molecule has 1 aliphatic rings. The van der Waals surface area contributed by atoms with Crippen molar-refractivity contribution in [1.29, 1.82) is 0 Å². The number of hydrogen-bond donors (Lipinski definition) is 2. The number of benzene rings is 1. The molecule has 1 aliphatic heterocycles. The first-order valence-corrected chi connectivity index (χ1v) is 8.52. The Bertz CT molecular complexity index is 720. The normalized spacial score (nSPS) is 14.1. The first kappa shape index (κ1) is 16.4. The maximum absolute atomic E-state index is 11.7. The summed E-state index contributed by atoms with van der Waals surface area (Å²) in [5.41, 5.74) is 5.54. The third-order valence-electron chi connectivity index (χ3n) is 4.47. The van der Waals surface area contributed by atoms with Gasteiger partial charge in [-0.2, -0.15) is 5.10 Å². The second-order valence-electron chi connectivity index (χ2n) is 6.16. The molecule has 0 unspecified atom stereocenters. The predicted molar refractivity (Wildman–Crippen MR) is 96.5 cm³/mol. The lowest BCUT2D eigenvalue weighted by atomic mass is 10.2. The molecule has 0 atom stereocenters. The van der Waals surface area contributed by atoms with E-state index in [1.54, 1.807) is 4.90 Å². The number of rotatable bonds is 6. The van der Waals surface area contributed by atoms with Gasteiger partial charge in [0.2, 0.25) is 0 Å². The van der Waals surface area contributed by atoms with E-state index in [0.717, 1.165) is 43.1 Å². The molecule has 2 heterocycles. The highest BCUT2D eigenvalue weighted by Crippen LogP contribution is 2.21. The van der Waals surface area contributed by atoms with Crippen LogP contribution in [0.2, 0.25) is 0 Å². The standard InChI is InChI=1S/C18H25N5O/c1-4-10-23-14(3)17(13(2)21-23)12-20-15-5-7-16(8-6-15)22-11-9-19-18(22)24/h5-8,20H,4,9-12H2,1-3H3,(H,19,24). The molecule has 6 nitrogen and oxygen atoms in total. The lowest BCUT2D eigenvalue weighted by Gasteiger charge is -2.15. The van der Waals surface area contributed by atoms with Crippen LogP contribution >= 0.6 is 0 Å². The lowest BCUT2D eigenvalue weighted by Crippen LogP contribution is -2.27.